The van der Waals surface area contributed by atoms with Crippen LogP contribution in [0.25, 0.3) is 44.2 Å². The van der Waals surface area contributed by atoms with Crippen LogP contribution in [-0.2, 0) is 27.1 Å². The predicted molar refractivity (Wildman–Crippen MR) is 313 cm³/mol. The Morgan fingerprint density at radius 2 is 0.784 bits per heavy atom. The van der Waals surface area contributed by atoms with Crippen molar-refractivity contribution in [2.45, 2.75) is 116 Å². The monoisotopic (exact) mass is 964 g/mol. The number of nitrogens with zero attached hydrogens (tertiary/aromatic N) is 1. The van der Waals surface area contributed by atoms with Crippen LogP contribution in [-0.4, -0.2) is 0 Å². The summed E-state index contributed by atoms with van der Waals surface area (Å²) >= 11 is 0. The maximum absolute atomic E-state index is 7.33. The highest BCUT2D eigenvalue weighted by Crippen LogP contribution is 2.66. The molecule has 0 unspecified atom stereocenters. The largest absolute Gasteiger partial charge is 0.456 e. The molecule has 0 fully saturated rings. The van der Waals surface area contributed by atoms with Crippen molar-refractivity contribution in [3.8, 4) is 22.3 Å². The van der Waals surface area contributed by atoms with E-state index in [1.54, 1.807) is 0 Å². The van der Waals surface area contributed by atoms with E-state index in [9.17, 15) is 0 Å². The molecule has 0 radical (unpaired) electrons. The average Bonchev–Trinajstić information content (AvgIpc) is 4.18. The van der Waals surface area contributed by atoms with Crippen LogP contribution in [0, 0.1) is 0 Å². The fraction of sp³-hybridized carbons (Fsp3) is 0.250. The summed E-state index contributed by atoms with van der Waals surface area (Å²) in [6, 6.07) is 74.4. The number of anilines is 3. The molecule has 2 heteroatoms. The summed E-state index contributed by atoms with van der Waals surface area (Å²) in [6.45, 7) is 27.6. The molecule has 0 aliphatic heterocycles. The molecule has 1 heterocycles. The second-order valence-electron chi connectivity index (χ2n) is 25.4. The lowest BCUT2D eigenvalue weighted by Gasteiger charge is -2.33. The van der Waals surface area contributed by atoms with Crippen LogP contribution in [0.2, 0.25) is 0 Å². The molecule has 74 heavy (non-hydrogen) atoms. The van der Waals surface area contributed by atoms with Gasteiger partial charge in [0.25, 0.3) is 0 Å². The van der Waals surface area contributed by atoms with Gasteiger partial charge in [-0.1, -0.05) is 229 Å². The molecular formula is C72H69NO. The third kappa shape index (κ3) is 7.50. The van der Waals surface area contributed by atoms with E-state index in [0.29, 0.717) is 0 Å². The summed E-state index contributed by atoms with van der Waals surface area (Å²) in [5.74, 6) is -0.162. The molecule has 1 spiro atoms. The Kier molecular flexibility index (Phi) is 10.8. The minimum atomic E-state index is -0.649. The highest BCUT2D eigenvalue weighted by Gasteiger charge is 2.53. The van der Waals surface area contributed by atoms with Crippen LogP contribution in [0.15, 0.2) is 199 Å². The van der Waals surface area contributed by atoms with E-state index >= 15 is 0 Å². The average molecular weight is 964 g/mol. The lowest BCUT2D eigenvalue weighted by molar-refractivity contribution is 0.589. The van der Waals surface area contributed by atoms with E-state index in [1.165, 1.54) is 83.5 Å². The summed E-state index contributed by atoms with van der Waals surface area (Å²) in [7, 11) is 0. The Morgan fingerprint density at radius 3 is 1.26 bits per heavy atom. The topological polar surface area (TPSA) is 16.4 Å². The van der Waals surface area contributed by atoms with Gasteiger partial charge in [0.05, 0.1) is 5.41 Å². The number of hydrogen-bond acceptors (Lipinski definition) is 2. The van der Waals surface area contributed by atoms with Crippen LogP contribution in [0.4, 0.5) is 17.1 Å². The third-order valence-corrected chi connectivity index (χ3v) is 16.5. The summed E-state index contributed by atoms with van der Waals surface area (Å²) in [5.41, 5.74) is 23.8. The minimum absolute atomic E-state index is 0.00576. The summed E-state index contributed by atoms with van der Waals surface area (Å²) < 4.78 is 7.33. The van der Waals surface area contributed by atoms with Gasteiger partial charge in [0, 0.05) is 39.3 Å². The zero-order chi connectivity index (χ0) is 51.7. The Morgan fingerprint density at radius 1 is 0.365 bits per heavy atom. The Balaban J connectivity index is 1.21. The first-order valence-electron chi connectivity index (χ1n) is 26.8. The first kappa shape index (κ1) is 47.6. The number of benzene rings is 9. The minimum Gasteiger partial charge on any atom is -0.456 e. The van der Waals surface area contributed by atoms with Gasteiger partial charge in [-0.2, -0.15) is 0 Å². The number of fused-ring (bicyclic) bond motifs is 13. The van der Waals surface area contributed by atoms with Crippen LogP contribution < -0.4 is 4.90 Å². The number of para-hydroxylation sites is 1. The van der Waals surface area contributed by atoms with Gasteiger partial charge in [-0.25, -0.2) is 0 Å². The van der Waals surface area contributed by atoms with E-state index in [4.69, 9.17) is 4.42 Å². The smallest absolute Gasteiger partial charge is 0.140 e. The SMILES string of the molecule is CC(C)(C)c1ccc(C(c2ccc(C(C)(C)C)cc2)c2c3c(cc4c2oc2ccccc24)C2(c4ccccc4-c4ccccc42)c2cc(N(c4ccc(C(C)(C)C)cc4)c4ccc(C(C)(C)C)cc4)ccc2-3)cc1. The molecule has 0 bridgehead atoms. The Labute approximate surface area is 439 Å². The van der Waals surface area contributed by atoms with E-state index < -0.39 is 5.41 Å². The first-order chi connectivity index (χ1) is 35.2. The Hall–Kier alpha value is -7.42. The highest BCUT2D eigenvalue weighted by atomic mass is 16.3. The molecule has 2 aliphatic rings. The molecule has 2 aliphatic carbocycles. The van der Waals surface area contributed by atoms with Crippen molar-refractivity contribution in [1.82, 2.24) is 0 Å². The van der Waals surface area contributed by atoms with E-state index in [-0.39, 0.29) is 27.6 Å². The van der Waals surface area contributed by atoms with Crippen molar-refractivity contribution in [2.24, 2.45) is 0 Å². The maximum atomic E-state index is 7.33. The molecule has 10 aromatic rings. The third-order valence-electron chi connectivity index (χ3n) is 16.5. The number of furan rings is 1. The summed E-state index contributed by atoms with van der Waals surface area (Å²) in [6.07, 6.45) is 0. The molecule has 0 N–H and O–H groups in total. The number of rotatable bonds is 6. The van der Waals surface area contributed by atoms with E-state index in [0.717, 1.165) is 39.0 Å². The van der Waals surface area contributed by atoms with Crippen LogP contribution >= 0.6 is 0 Å². The lowest BCUT2D eigenvalue weighted by Crippen LogP contribution is -2.26. The fourth-order valence-corrected chi connectivity index (χ4v) is 12.5. The quantitative estimate of drug-likeness (QED) is 0.154. The van der Waals surface area contributed by atoms with Crippen molar-refractivity contribution in [2.75, 3.05) is 4.90 Å². The predicted octanol–water partition coefficient (Wildman–Crippen LogP) is 19.8. The molecule has 2 nitrogen and oxygen atoms in total. The second kappa shape index (κ2) is 16.8. The molecule has 0 atom stereocenters. The van der Waals surface area contributed by atoms with Crippen molar-refractivity contribution < 1.29 is 4.42 Å². The van der Waals surface area contributed by atoms with Crippen molar-refractivity contribution >= 4 is 39.0 Å². The van der Waals surface area contributed by atoms with Crippen molar-refractivity contribution in [1.29, 1.82) is 0 Å². The van der Waals surface area contributed by atoms with Crippen molar-refractivity contribution in [3.63, 3.8) is 0 Å². The molecule has 0 saturated carbocycles. The van der Waals surface area contributed by atoms with Crippen LogP contribution in [0.5, 0.6) is 0 Å². The molecule has 1 aromatic heterocycles. The van der Waals surface area contributed by atoms with E-state index in [2.05, 4.69) is 282 Å². The maximum Gasteiger partial charge on any atom is 0.140 e. The van der Waals surface area contributed by atoms with Gasteiger partial charge in [-0.15, -0.1) is 0 Å². The molecular weight excluding hydrogens is 895 g/mol. The van der Waals surface area contributed by atoms with Crippen LogP contribution in [0.3, 0.4) is 0 Å². The van der Waals surface area contributed by atoms with Gasteiger partial charge in [-0.3, -0.25) is 0 Å². The van der Waals surface area contributed by atoms with E-state index in [1.807, 2.05) is 0 Å². The van der Waals surface area contributed by atoms with Gasteiger partial charge in [0.1, 0.15) is 11.2 Å². The molecule has 368 valence electrons. The standard InChI is InChI=1S/C72H69NO/c1-68(2,3)47-29-25-45(26-30-47)64(46-27-31-48(32-28-46)69(4,5)6)66-65-57-42-41-53(73(51-37-33-49(34-38-51)70(7,8)9)52-39-35-50(36-40-52)71(10,11)12)43-61(57)72(59-22-16-13-19-54(59)55-20-14-17-23-60(55)72)62(65)44-58-56-21-15-18-24-63(56)74-67(58)66/h13-44,64H,1-12H3. The summed E-state index contributed by atoms with van der Waals surface area (Å²) in [4.78, 5) is 2.47. The highest BCUT2D eigenvalue weighted by molar-refractivity contribution is 6.11. The molecule has 9 aromatic carbocycles. The zero-order valence-corrected chi connectivity index (χ0v) is 45.4. The van der Waals surface area contributed by atoms with Crippen molar-refractivity contribution in [3.05, 3.63) is 255 Å². The second-order valence-corrected chi connectivity index (χ2v) is 25.4. The summed E-state index contributed by atoms with van der Waals surface area (Å²) in [5, 5.41) is 2.28. The fourth-order valence-electron chi connectivity index (χ4n) is 12.5. The van der Waals surface area contributed by atoms with Gasteiger partial charge < -0.3 is 9.32 Å². The zero-order valence-electron chi connectivity index (χ0n) is 45.4. The van der Waals surface area contributed by atoms with Crippen LogP contribution in [0.1, 0.15) is 150 Å². The first-order valence-corrected chi connectivity index (χ1v) is 26.8. The molecule has 12 rings (SSSR count). The number of hydrogen-bond donors (Lipinski definition) is 0. The van der Waals surface area contributed by atoms with Gasteiger partial charge in [0.15, 0.2) is 0 Å². The normalized spacial score (nSPS) is 13.9. The lowest BCUT2D eigenvalue weighted by atomic mass is 9.69. The van der Waals surface area contributed by atoms with Gasteiger partial charge in [-0.05, 0) is 148 Å². The molecule has 0 saturated heterocycles. The molecule has 0 amide bonds. The Bertz CT molecular complexity index is 3620. The van der Waals surface area contributed by atoms with Gasteiger partial charge >= 0.3 is 0 Å². The van der Waals surface area contributed by atoms with Gasteiger partial charge in [0.2, 0.25) is 0 Å².